The van der Waals surface area contributed by atoms with Crippen molar-refractivity contribution < 1.29 is 15.0 Å². The third-order valence-corrected chi connectivity index (χ3v) is 3.52. The van der Waals surface area contributed by atoms with Crippen molar-refractivity contribution in [2.24, 2.45) is 0 Å². The van der Waals surface area contributed by atoms with Gasteiger partial charge in [-0.2, -0.15) is 0 Å². The normalized spacial score (nSPS) is 14.3. The molecule has 0 unspecified atom stereocenters. The van der Waals surface area contributed by atoms with Crippen LogP contribution >= 0.6 is 0 Å². The molecule has 3 N–H and O–H groups in total. The van der Waals surface area contributed by atoms with E-state index in [4.69, 9.17) is 0 Å². The minimum Gasteiger partial charge on any atom is -0.394 e. The summed E-state index contributed by atoms with van der Waals surface area (Å²) < 4.78 is 0. The lowest BCUT2D eigenvalue weighted by atomic mass is 10.1. The fraction of sp³-hybridized carbons (Fsp3) is 0.824. The lowest BCUT2D eigenvalue weighted by molar-refractivity contribution is -0.123. The third-order valence-electron chi connectivity index (χ3n) is 3.52. The van der Waals surface area contributed by atoms with Gasteiger partial charge in [-0.1, -0.05) is 64.5 Å². The molecule has 0 spiro atoms. The maximum atomic E-state index is 11.8. The molecule has 0 aromatic heterocycles. The van der Waals surface area contributed by atoms with E-state index < -0.39 is 12.1 Å². The Labute approximate surface area is 129 Å². The number of amides is 1. The molecule has 0 bridgehead atoms. The average molecular weight is 299 g/mol. The van der Waals surface area contributed by atoms with Gasteiger partial charge >= 0.3 is 0 Å². The lowest BCUT2D eigenvalue weighted by Crippen LogP contribution is -2.45. The summed E-state index contributed by atoms with van der Waals surface area (Å²) in [6, 6.07) is -0.606. The fourth-order valence-electron chi connectivity index (χ4n) is 2.10. The van der Waals surface area contributed by atoms with Crippen LogP contribution in [0.2, 0.25) is 0 Å². The smallest absolute Gasteiger partial charge is 0.220 e. The molecule has 0 heterocycles. The number of carbonyl (C=O) groups is 1. The molecule has 0 aliphatic rings. The molecule has 0 fully saturated rings. The molecule has 0 aliphatic carbocycles. The summed E-state index contributed by atoms with van der Waals surface area (Å²) in [6.07, 6.45) is 11.8. The van der Waals surface area contributed by atoms with Crippen LogP contribution < -0.4 is 5.32 Å². The van der Waals surface area contributed by atoms with E-state index in [1.807, 2.05) is 6.08 Å². The second-order valence-corrected chi connectivity index (χ2v) is 5.58. The van der Waals surface area contributed by atoms with Crippen LogP contribution in [0.4, 0.5) is 0 Å². The highest BCUT2D eigenvalue weighted by molar-refractivity contribution is 5.76. The molecular formula is C17H33NO3. The standard InChI is InChI=1S/C17H33NO3/c1-3-5-7-9-11-13-17(21)18-15(14-19)16(20)12-10-8-6-4-2/h10,12,15-16,19-20H,3-9,11,13-14H2,1-2H3,(H,18,21)/b12-10+/t15-,16+/m0/s1. The Kier molecular flexibility index (Phi) is 13.5. The number of rotatable bonds is 13. The van der Waals surface area contributed by atoms with Crippen LogP contribution in [-0.2, 0) is 4.79 Å². The number of hydrogen-bond acceptors (Lipinski definition) is 3. The highest BCUT2D eigenvalue weighted by atomic mass is 16.3. The largest absolute Gasteiger partial charge is 0.394 e. The van der Waals surface area contributed by atoms with Crippen molar-refractivity contribution in [3.05, 3.63) is 12.2 Å². The molecule has 4 nitrogen and oxygen atoms in total. The van der Waals surface area contributed by atoms with E-state index in [0.717, 1.165) is 38.5 Å². The lowest BCUT2D eigenvalue weighted by Gasteiger charge is -2.19. The second kappa shape index (κ2) is 14.1. The summed E-state index contributed by atoms with van der Waals surface area (Å²) in [5.74, 6) is -0.0912. The second-order valence-electron chi connectivity index (χ2n) is 5.58. The highest BCUT2D eigenvalue weighted by Gasteiger charge is 2.17. The molecule has 0 aromatic rings. The van der Waals surface area contributed by atoms with E-state index in [2.05, 4.69) is 19.2 Å². The van der Waals surface area contributed by atoms with E-state index in [-0.39, 0.29) is 12.5 Å². The number of aliphatic hydroxyl groups excluding tert-OH is 2. The maximum Gasteiger partial charge on any atom is 0.220 e. The Balaban J connectivity index is 3.94. The number of allylic oxidation sites excluding steroid dienone is 1. The Morgan fingerprint density at radius 3 is 2.38 bits per heavy atom. The zero-order valence-electron chi connectivity index (χ0n) is 13.7. The van der Waals surface area contributed by atoms with Crippen molar-refractivity contribution in [3.63, 3.8) is 0 Å². The maximum absolute atomic E-state index is 11.8. The Morgan fingerprint density at radius 2 is 1.76 bits per heavy atom. The van der Waals surface area contributed by atoms with Gasteiger partial charge in [0.15, 0.2) is 0 Å². The average Bonchev–Trinajstić information content (AvgIpc) is 2.48. The molecule has 4 heteroatoms. The molecule has 0 saturated heterocycles. The van der Waals surface area contributed by atoms with Gasteiger partial charge in [-0.25, -0.2) is 0 Å². The van der Waals surface area contributed by atoms with Crippen LogP contribution in [0.25, 0.3) is 0 Å². The van der Waals surface area contributed by atoms with Crippen LogP contribution in [0.15, 0.2) is 12.2 Å². The van der Waals surface area contributed by atoms with Gasteiger partial charge in [-0.05, 0) is 12.8 Å². The van der Waals surface area contributed by atoms with Gasteiger partial charge in [0.05, 0.1) is 18.8 Å². The van der Waals surface area contributed by atoms with Gasteiger partial charge in [-0.3, -0.25) is 4.79 Å². The van der Waals surface area contributed by atoms with Crippen molar-refractivity contribution in [1.82, 2.24) is 5.32 Å². The van der Waals surface area contributed by atoms with Crippen molar-refractivity contribution in [2.45, 2.75) is 83.8 Å². The number of nitrogens with one attached hydrogen (secondary N) is 1. The van der Waals surface area contributed by atoms with Crippen LogP contribution in [0.5, 0.6) is 0 Å². The summed E-state index contributed by atoms with van der Waals surface area (Å²) in [7, 11) is 0. The number of unbranched alkanes of at least 4 members (excludes halogenated alkanes) is 6. The first-order valence-corrected chi connectivity index (χ1v) is 8.40. The summed E-state index contributed by atoms with van der Waals surface area (Å²) in [5.41, 5.74) is 0. The topological polar surface area (TPSA) is 69.6 Å². The first-order valence-electron chi connectivity index (χ1n) is 8.40. The minimum absolute atomic E-state index is 0.0912. The molecule has 124 valence electrons. The van der Waals surface area contributed by atoms with Crippen molar-refractivity contribution in [1.29, 1.82) is 0 Å². The minimum atomic E-state index is -0.823. The highest BCUT2D eigenvalue weighted by Crippen LogP contribution is 2.06. The molecule has 0 aliphatic heterocycles. The zero-order chi connectivity index (χ0) is 15.9. The van der Waals surface area contributed by atoms with E-state index >= 15 is 0 Å². The van der Waals surface area contributed by atoms with Crippen molar-refractivity contribution >= 4 is 5.91 Å². The van der Waals surface area contributed by atoms with Crippen LogP contribution in [0.3, 0.4) is 0 Å². The number of carbonyl (C=O) groups excluding carboxylic acids is 1. The predicted octanol–water partition coefficient (Wildman–Crippen LogP) is 2.93. The van der Waals surface area contributed by atoms with Crippen LogP contribution in [0, 0.1) is 0 Å². The van der Waals surface area contributed by atoms with Gasteiger partial charge in [0, 0.05) is 6.42 Å². The summed E-state index contributed by atoms with van der Waals surface area (Å²) in [6.45, 7) is 4.02. The molecule has 0 radical (unpaired) electrons. The molecule has 0 rings (SSSR count). The summed E-state index contributed by atoms with van der Waals surface area (Å²) >= 11 is 0. The SMILES string of the molecule is CCCC/C=C/[C@@H](O)[C@H](CO)NC(=O)CCCCCCC. The van der Waals surface area contributed by atoms with E-state index in [1.165, 1.54) is 12.8 Å². The van der Waals surface area contributed by atoms with Crippen LogP contribution in [0.1, 0.15) is 71.6 Å². The third kappa shape index (κ3) is 11.5. The molecule has 0 aromatic carbocycles. The van der Waals surface area contributed by atoms with Gasteiger partial charge in [0.1, 0.15) is 0 Å². The summed E-state index contributed by atoms with van der Waals surface area (Å²) in [5, 5.41) is 21.9. The number of aliphatic hydroxyl groups is 2. The first kappa shape index (κ1) is 20.1. The molecular weight excluding hydrogens is 266 g/mol. The predicted molar refractivity (Wildman–Crippen MR) is 87.1 cm³/mol. The molecule has 0 saturated carbocycles. The first-order chi connectivity index (χ1) is 10.2. The molecule has 21 heavy (non-hydrogen) atoms. The van der Waals surface area contributed by atoms with E-state index in [9.17, 15) is 15.0 Å². The zero-order valence-corrected chi connectivity index (χ0v) is 13.7. The van der Waals surface area contributed by atoms with E-state index in [0.29, 0.717) is 6.42 Å². The quantitative estimate of drug-likeness (QED) is 0.362. The number of hydrogen-bond donors (Lipinski definition) is 3. The van der Waals surface area contributed by atoms with Crippen molar-refractivity contribution in [2.75, 3.05) is 6.61 Å². The van der Waals surface area contributed by atoms with Gasteiger partial charge < -0.3 is 15.5 Å². The Hall–Kier alpha value is -0.870. The Morgan fingerprint density at radius 1 is 1.10 bits per heavy atom. The monoisotopic (exact) mass is 299 g/mol. The van der Waals surface area contributed by atoms with E-state index in [1.54, 1.807) is 6.08 Å². The fourth-order valence-corrected chi connectivity index (χ4v) is 2.10. The van der Waals surface area contributed by atoms with Crippen molar-refractivity contribution in [3.8, 4) is 0 Å². The molecule has 2 atom stereocenters. The van der Waals surface area contributed by atoms with Gasteiger partial charge in [0.25, 0.3) is 0 Å². The van der Waals surface area contributed by atoms with Crippen LogP contribution in [-0.4, -0.2) is 34.9 Å². The summed E-state index contributed by atoms with van der Waals surface area (Å²) in [4.78, 5) is 11.8. The van der Waals surface area contributed by atoms with Gasteiger partial charge in [0.2, 0.25) is 5.91 Å². The molecule has 1 amide bonds. The van der Waals surface area contributed by atoms with Gasteiger partial charge in [-0.15, -0.1) is 0 Å². The Bertz CT molecular complexity index is 279.